The van der Waals surface area contributed by atoms with Crippen molar-refractivity contribution >= 4 is 17.9 Å². The summed E-state index contributed by atoms with van der Waals surface area (Å²) in [5.74, 6) is -2.19. The van der Waals surface area contributed by atoms with E-state index in [1.165, 1.54) is 6.92 Å². The van der Waals surface area contributed by atoms with Gasteiger partial charge in [-0.1, -0.05) is 72.8 Å². The number of esters is 3. The minimum atomic E-state index is -1.59. The van der Waals surface area contributed by atoms with Crippen LogP contribution in [0.3, 0.4) is 0 Å². The highest BCUT2D eigenvalue weighted by atomic mass is 16.6. The van der Waals surface area contributed by atoms with Crippen molar-refractivity contribution in [3.8, 4) is 0 Å². The molecule has 2 aromatic rings. The number of rotatable bonds is 10. The van der Waals surface area contributed by atoms with Gasteiger partial charge in [0, 0.05) is 12.8 Å². The van der Waals surface area contributed by atoms with Gasteiger partial charge in [0.1, 0.15) is 19.3 Å². The normalized spacial score (nSPS) is 17.4. The Morgan fingerprint density at radius 3 is 1.82 bits per heavy atom. The molecule has 0 spiro atoms. The largest absolute Gasteiger partial charge is 0.460 e. The number of allylic oxidation sites excluding steroid dienone is 2. The van der Waals surface area contributed by atoms with Crippen LogP contribution in [-0.2, 0) is 41.8 Å². The minimum absolute atomic E-state index is 0.0387. The molecule has 1 aliphatic rings. The van der Waals surface area contributed by atoms with Gasteiger partial charge in [0.15, 0.2) is 5.41 Å². The van der Waals surface area contributed by atoms with Gasteiger partial charge in [-0.05, 0) is 36.5 Å². The van der Waals surface area contributed by atoms with Crippen molar-refractivity contribution in [1.29, 1.82) is 0 Å². The summed E-state index contributed by atoms with van der Waals surface area (Å²) < 4.78 is 16.6. The topological polar surface area (TPSA) is 78.9 Å². The molecule has 6 heteroatoms. The summed E-state index contributed by atoms with van der Waals surface area (Å²) in [6.07, 6.45) is 5.62. The van der Waals surface area contributed by atoms with E-state index in [1.54, 1.807) is 18.2 Å². The third kappa shape index (κ3) is 6.22. The lowest BCUT2D eigenvalue weighted by Crippen LogP contribution is -2.48. The Labute approximate surface area is 200 Å². The lowest BCUT2D eigenvalue weighted by atomic mass is 9.68. The first-order valence-corrected chi connectivity index (χ1v) is 11.3. The Bertz CT molecular complexity index is 956. The van der Waals surface area contributed by atoms with Crippen molar-refractivity contribution in [2.45, 2.75) is 45.5 Å². The van der Waals surface area contributed by atoms with Crippen LogP contribution < -0.4 is 0 Å². The van der Waals surface area contributed by atoms with Gasteiger partial charge in [-0.25, -0.2) is 0 Å². The summed E-state index contributed by atoms with van der Waals surface area (Å²) in [6, 6.07) is 18.6. The van der Waals surface area contributed by atoms with Crippen LogP contribution in [0.2, 0.25) is 0 Å². The summed E-state index contributed by atoms with van der Waals surface area (Å²) in [6.45, 7) is 5.22. The Morgan fingerprint density at radius 1 is 0.882 bits per heavy atom. The van der Waals surface area contributed by atoms with Crippen LogP contribution in [-0.4, -0.2) is 24.0 Å². The molecular formula is C28H30O6. The Kier molecular flexibility index (Phi) is 8.79. The molecule has 178 valence electrons. The van der Waals surface area contributed by atoms with E-state index < -0.39 is 29.4 Å². The van der Waals surface area contributed by atoms with E-state index in [0.29, 0.717) is 12.8 Å². The smallest absolute Gasteiger partial charge is 0.324 e. The summed E-state index contributed by atoms with van der Waals surface area (Å²) in [7, 11) is 0. The predicted octanol–water partition coefficient (Wildman–Crippen LogP) is 4.93. The number of benzene rings is 2. The number of ether oxygens (including phenoxy) is 3. The van der Waals surface area contributed by atoms with E-state index in [1.807, 2.05) is 60.7 Å². The molecule has 2 aromatic carbocycles. The number of hydrogen-bond donors (Lipinski definition) is 0. The van der Waals surface area contributed by atoms with Gasteiger partial charge in [-0.2, -0.15) is 0 Å². The van der Waals surface area contributed by atoms with Gasteiger partial charge in [-0.15, -0.1) is 6.58 Å². The van der Waals surface area contributed by atoms with Crippen LogP contribution in [0.5, 0.6) is 0 Å². The molecule has 34 heavy (non-hydrogen) atoms. The molecule has 1 aliphatic carbocycles. The van der Waals surface area contributed by atoms with Crippen molar-refractivity contribution in [2.75, 3.05) is 0 Å². The molecule has 3 rings (SSSR count). The van der Waals surface area contributed by atoms with Gasteiger partial charge >= 0.3 is 17.9 Å². The molecule has 0 aliphatic heterocycles. The number of hydrogen-bond acceptors (Lipinski definition) is 6. The van der Waals surface area contributed by atoms with E-state index in [0.717, 1.165) is 11.1 Å². The highest BCUT2D eigenvalue weighted by molar-refractivity contribution is 6.01. The first kappa shape index (κ1) is 25.0. The van der Waals surface area contributed by atoms with Gasteiger partial charge in [0.2, 0.25) is 0 Å². The Hall–Kier alpha value is -3.67. The molecule has 0 heterocycles. The van der Waals surface area contributed by atoms with Crippen LogP contribution in [0.15, 0.2) is 85.5 Å². The predicted molar refractivity (Wildman–Crippen MR) is 127 cm³/mol. The van der Waals surface area contributed by atoms with Gasteiger partial charge in [0.05, 0.1) is 0 Å². The molecule has 0 amide bonds. The Morgan fingerprint density at radius 2 is 1.41 bits per heavy atom. The minimum Gasteiger partial charge on any atom is -0.460 e. The maximum absolute atomic E-state index is 13.5. The second kappa shape index (κ2) is 12.0. The maximum Gasteiger partial charge on any atom is 0.324 e. The van der Waals surface area contributed by atoms with Gasteiger partial charge in [-0.3, -0.25) is 14.4 Å². The van der Waals surface area contributed by atoms with E-state index in [9.17, 15) is 14.4 Å². The fourth-order valence-electron chi connectivity index (χ4n) is 4.15. The van der Waals surface area contributed by atoms with Crippen molar-refractivity contribution in [1.82, 2.24) is 0 Å². The summed E-state index contributed by atoms with van der Waals surface area (Å²) in [5.41, 5.74) is 0.0356. The third-order valence-electron chi connectivity index (χ3n) is 5.89. The molecule has 2 atom stereocenters. The first-order valence-electron chi connectivity index (χ1n) is 11.3. The number of carbonyl (C=O) groups excluding carboxylic acids is 3. The highest BCUT2D eigenvalue weighted by Crippen LogP contribution is 2.42. The molecular weight excluding hydrogens is 432 g/mol. The fourth-order valence-corrected chi connectivity index (χ4v) is 4.15. The second-order valence-electron chi connectivity index (χ2n) is 8.30. The van der Waals surface area contributed by atoms with Crippen molar-refractivity contribution < 1.29 is 28.6 Å². The molecule has 0 saturated heterocycles. The van der Waals surface area contributed by atoms with E-state index in [4.69, 9.17) is 14.2 Å². The molecule has 6 nitrogen and oxygen atoms in total. The average molecular weight is 463 g/mol. The van der Waals surface area contributed by atoms with Crippen LogP contribution in [0.25, 0.3) is 0 Å². The summed E-state index contributed by atoms with van der Waals surface area (Å²) in [5, 5.41) is 0. The maximum atomic E-state index is 13.5. The molecule has 0 N–H and O–H groups in total. The third-order valence-corrected chi connectivity index (χ3v) is 5.89. The molecule has 0 saturated carbocycles. The fraction of sp³-hybridized carbons (Fsp3) is 0.321. The van der Waals surface area contributed by atoms with E-state index in [-0.39, 0.29) is 25.6 Å². The second-order valence-corrected chi connectivity index (χ2v) is 8.30. The standard InChI is InChI=1S/C28H30O6/c1-3-18-28(24-14-16-25(17-15-24)34-21(2)29,26(30)32-19-22-10-6-4-7-11-22)27(31)33-20-23-12-8-5-9-13-23/h3-14,16,24-25H,1,15,17-20H2,2H3/t24-,25+/m1/s1. The van der Waals surface area contributed by atoms with E-state index in [2.05, 4.69) is 6.58 Å². The zero-order valence-electron chi connectivity index (χ0n) is 19.4. The van der Waals surface area contributed by atoms with Crippen LogP contribution in [0.1, 0.15) is 37.3 Å². The average Bonchev–Trinajstić information content (AvgIpc) is 2.86. The summed E-state index contributed by atoms with van der Waals surface area (Å²) >= 11 is 0. The first-order chi connectivity index (χ1) is 16.5. The molecule has 0 unspecified atom stereocenters. The van der Waals surface area contributed by atoms with Crippen LogP contribution >= 0.6 is 0 Å². The number of carbonyl (C=O) groups is 3. The van der Waals surface area contributed by atoms with Gasteiger partial charge < -0.3 is 14.2 Å². The van der Waals surface area contributed by atoms with Gasteiger partial charge in [0.25, 0.3) is 0 Å². The zero-order valence-corrected chi connectivity index (χ0v) is 19.4. The monoisotopic (exact) mass is 462 g/mol. The highest BCUT2D eigenvalue weighted by Gasteiger charge is 2.53. The van der Waals surface area contributed by atoms with E-state index >= 15 is 0 Å². The molecule has 0 fully saturated rings. The quantitative estimate of drug-likeness (QED) is 0.216. The van der Waals surface area contributed by atoms with Crippen LogP contribution in [0, 0.1) is 11.3 Å². The van der Waals surface area contributed by atoms with Crippen LogP contribution in [0.4, 0.5) is 0 Å². The van der Waals surface area contributed by atoms with Crippen molar-refractivity contribution in [3.63, 3.8) is 0 Å². The summed E-state index contributed by atoms with van der Waals surface area (Å²) in [4.78, 5) is 38.4. The van der Waals surface area contributed by atoms with Crippen molar-refractivity contribution in [3.05, 3.63) is 96.6 Å². The molecule has 0 aromatic heterocycles. The Balaban J connectivity index is 1.87. The molecule has 0 radical (unpaired) electrons. The lowest BCUT2D eigenvalue weighted by Gasteiger charge is -2.36. The SMILES string of the molecule is C=CCC(C(=O)OCc1ccccc1)(C(=O)OCc1ccccc1)[C@@H]1C=C[C@H](OC(C)=O)CC1. The molecule has 0 bridgehead atoms. The lowest BCUT2D eigenvalue weighted by molar-refractivity contribution is -0.178. The zero-order chi connectivity index (χ0) is 24.4. The van der Waals surface area contributed by atoms with Crippen molar-refractivity contribution in [2.24, 2.45) is 11.3 Å².